The van der Waals surface area contributed by atoms with Crippen LogP contribution in [0.4, 0.5) is 0 Å². The van der Waals surface area contributed by atoms with Crippen LogP contribution in [0, 0.1) is 6.92 Å². The quantitative estimate of drug-likeness (QED) is 0.677. The van der Waals surface area contributed by atoms with Gasteiger partial charge in [0.2, 0.25) is 0 Å². The molecule has 17 heavy (non-hydrogen) atoms. The van der Waals surface area contributed by atoms with E-state index in [-0.39, 0.29) is 5.38 Å². The van der Waals surface area contributed by atoms with E-state index in [0.29, 0.717) is 0 Å². The summed E-state index contributed by atoms with van der Waals surface area (Å²) >= 11 is 9.88. The molecule has 0 aliphatic carbocycles. The number of alkyl halides is 1. The summed E-state index contributed by atoms with van der Waals surface area (Å²) < 4.78 is 1.08. The van der Waals surface area contributed by atoms with Crippen LogP contribution in [-0.2, 0) is 6.42 Å². The van der Waals surface area contributed by atoms with Gasteiger partial charge in [0, 0.05) is 4.47 Å². The summed E-state index contributed by atoms with van der Waals surface area (Å²) in [7, 11) is 0. The lowest BCUT2D eigenvalue weighted by molar-refractivity contribution is 0.910. The van der Waals surface area contributed by atoms with E-state index in [9.17, 15) is 0 Å². The van der Waals surface area contributed by atoms with Gasteiger partial charge in [0.25, 0.3) is 0 Å². The van der Waals surface area contributed by atoms with Gasteiger partial charge in [-0.1, -0.05) is 52.3 Å². The van der Waals surface area contributed by atoms with Crippen LogP contribution < -0.4 is 0 Å². The maximum atomic E-state index is 6.45. The third-order valence-electron chi connectivity index (χ3n) is 2.89. The number of benzene rings is 2. The molecule has 88 valence electrons. The van der Waals surface area contributed by atoms with Crippen molar-refractivity contribution >= 4 is 27.5 Å². The van der Waals surface area contributed by atoms with Crippen molar-refractivity contribution in [3.05, 3.63) is 69.7 Å². The molecule has 0 aromatic heterocycles. The van der Waals surface area contributed by atoms with E-state index in [2.05, 4.69) is 59.3 Å². The van der Waals surface area contributed by atoms with E-state index < -0.39 is 0 Å². The predicted molar refractivity (Wildman–Crippen MR) is 77.6 cm³/mol. The number of halogens is 2. The minimum absolute atomic E-state index is 0.0317. The van der Waals surface area contributed by atoms with Crippen molar-refractivity contribution in [2.24, 2.45) is 0 Å². The molecule has 0 saturated heterocycles. The zero-order chi connectivity index (χ0) is 12.3. The Hall–Kier alpha value is -0.790. The molecule has 1 unspecified atom stereocenters. The normalized spacial score (nSPS) is 12.4. The minimum Gasteiger partial charge on any atom is -0.117 e. The van der Waals surface area contributed by atoms with Crippen molar-refractivity contribution in [3.63, 3.8) is 0 Å². The summed E-state index contributed by atoms with van der Waals surface area (Å²) in [6.45, 7) is 2.13. The molecule has 2 aromatic rings. The van der Waals surface area contributed by atoms with Gasteiger partial charge in [-0.3, -0.25) is 0 Å². The summed E-state index contributed by atoms with van der Waals surface area (Å²) in [5, 5.41) is 0.0317. The molecular weight excluding hydrogens is 296 g/mol. The summed E-state index contributed by atoms with van der Waals surface area (Å²) in [6, 6.07) is 16.6. The fourth-order valence-corrected chi connectivity index (χ4v) is 2.40. The van der Waals surface area contributed by atoms with Crippen LogP contribution in [0.5, 0.6) is 0 Å². The molecule has 0 aliphatic rings. The Bertz CT molecular complexity index is 491. The van der Waals surface area contributed by atoms with E-state index >= 15 is 0 Å². The molecule has 0 radical (unpaired) electrons. The Balaban J connectivity index is 2.14. The third-order valence-corrected chi connectivity index (χ3v) is 3.83. The Labute approximate surface area is 116 Å². The molecule has 2 heteroatoms. The molecule has 0 saturated carbocycles. The Morgan fingerprint density at radius 1 is 1.06 bits per heavy atom. The van der Waals surface area contributed by atoms with Crippen molar-refractivity contribution in [2.75, 3.05) is 0 Å². The molecule has 0 amide bonds. The van der Waals surface area contributed by atoms with Crippen molar-refractivity contribution in [1.82, 2.24) is 0 Å². The van der Waals surface area contributed by atoms with E-state index in [1.54, 1.807) is 0 Å². The lowest BCUT2D eigenvalue weighted by Crippen LogP contribution is -1.97. The lowest BCUT2D eigenvalue weighted by atomic mass is 10.0. The second-order valence-electron chi connectivity index (χ2n) is 4.15. The maximum absolute atomic E-state index is 6.45. The van der Waals surface area contributed by atoms with Gasteiger partial charge in [0.1, 0.15) is 0 Å². The average Bonchev–Trinajstić information content (AvgIpc) is 2.33. The third kappa shape index (κ3) is 3.34. The van der Waals surface area contributed by atoms with E-state index in [1.165, 1.54) is 11.1 Å². The van der Waals surface area contributed by atoms with Gasteiger partial charge in [-0.15, -0.1) is 11.6 Å². The van der Waals surface area contributed by atoms with Crippen LogP contribution in [-0.4, -0.2) is 0 Å². The molecule has 1 atom stereocenters. The molecule has 0 bridgehead atoms. The van der Waals surface area contributed by atoms with Crippen LogP contribution in [0.25, 0.3) is 0 Å². The lowest BCUT2D eigenvalue weighted by Gasteiger charge is -2.12. The molecule has 0 heterocycles. The Morgan fingerprint density at radius 3 is 2.35 bits per heavy atom. The zero-order valence-electron chi connectivity index (χ0n) is 9.66. The first-order chi connectivity index (χ1) is 8.16. The van der Waals surface area contributed by atoms with Gasteiger partial charge in [0.05, 0.1) is 5.38 Å². The first-order valence-corrected chi connectivity index (χ1v) is 6.84. The highest BCUT2D eigenvalue weighted by Crippen LogP contribution is 2.27. The van der Waals surface area contributed by atoms with E-state index in [4.69, 9.17) is 11.6 Å². The number of hydrogen-bond donors (Lipinski definition) is 0. The first kappa shape index (κ1) is 12.7. The average molecular weight is 310 g/mol. The van der Waals surface area contributed by atoms with Gasteiger partial charge in [0.15, 0.2) is 0 Å². The highest BCUT2D eigenvalue weighted by molar-refractivity contribution is 9.10. The smallest absolute Gasteiger partial charge is 0.0625 e. The van der Waals surface area contributed by atoms with Gasteiger partial charge in [-0.25, -0.2) is 0 Å². The van der Waals surface area contributed by atoms with Crippen molar-refractivity contribution in [2.45, 2.75) is 18.7 Å². The van der Waals surface area contributed by atoms with Crippen LogP contribution in [0.1, 0.15) is 22.1 Å². The Morgan fingerprint density at radius 2 is 1.71 bits per heavy atom. The van der Waals surface area contributed by atoms with E-state index in [1.807, 2.05) is 12.1 Å². The Kier molecular flexibility index (Phi) is 4.25. The zero-order valence-corrected chi connectivity index (χ0v) is 12.0. The molecule has 0 fully saturated rings. The van der Waals surface area contributed by atoms with Crippen LogP contribution in [0.3, 0.4) is 0 Å². The fourth-order valence-electron chi connectivity index (χ4n) is 1.82. The van der Waals surface area contributed by atoms with Gasteiger partial charge < -0.3 is 0 Å². The van der Waals surface area contributed by atoms with Crippen LogP contribution in [0.15, 0.2) is 53.0 Å². The van der Waals surface area contributed by atoms with Crippen LogP contribution >= 0.6 is 27.5 Å². The standard InChI is InChI=1S/C15H14BrCl/c1-11-4-2-3-5-13(11)10-15(17)12-6-8-14(16)9-7-12/h2-9,15H,10H2,1H3. The molecule has 2 rings (SSSR count). The monoisotopic (exact) mass is 308 g/mol. The fraction of sp³-hybridized carbons (Fsp3) is 0.200. The van der Waals surface area contributed by atoms with Crippen LogP contribution in [0.2, 0.25) is 0 Å². The molecule has 2 aromatic carbocycles. The number of aryl methyl sites for hydroxylation is 1. The second-order valence-corrected chi connectivity index (χ2v) is 5.59. The number of hydrogen-bond acceptors (Lipinski definition) is 0. The molecule has 0 aliphatic heterocycles. The number of rotatable bonds is 3. The SMILES string of the molecule is Cc1ccccc1CC(Cl)c1ccc(Br)cc1. The highest BCUT2D eigenvalue weighted by Gasteiger charge is 2.09. The molecule has 0 N–H and O–H groups in total. The second kappa shape index (κ2) is 5.70. The maximum Gasteiger partial charge on any atom is 0.0625 e. The van der Waals surface area contributed by atoms with Crippen molar-refractivity contribution in [3.8, 4) is 0 Å². The van der Waals surface area contributed by atoms with Crippen molar-refractivity contribution < 1.29 is 0 Å². The molecule has 0 spiro atoms. The summed E-state index contributed by atoms with van der Waals surface area (Å²) in [5.74, 6) is 0. The van der Waals surface area contributed by atoms with Gasteiger partial charge in [-0.2, -0.15) is 0 Å². The largest absolute Gasteiger partial charge is 0.117 e. The minimum atomic E-state index is 0.0317. The van der Waals surface area contributed by atoms with Gasteiger partial charge in [-0.05, 0) is 42.2 Å². The van der Waals surface area contributed by atoms with E-state index in [0.717, 1.165) is 16.5 Å². The molecule has 0 nitrogen and oxygen atoms in total. The first-order valence-electron chi connectivity index (χ1n) is 5.61. The highest BCUT2D eigenvalue weighted by atomic mass is 79.9. The summed E-state index contributed by atoms with van der Waals surface area (Å²) in [4.78, 5) is 0. The van der Waals surface area contributed by atoms with Gasteiger partial charge >= 0.3 is 0 Å². The summed E-state index contributed by atoms with van der Waals surface area (Å²) in [6.07, 6.45) is 0.871. The predicted octanol–water partition coefficient (Wildman–Crippen LogP) is 5.28. The molecular formula is C15H14BrCl. The summed E-state index contributed by atoms with van der Waals surface area (Å²) in [5.41, 5.74) is 3.78. The van der Waals surface area contributed by atoms with Crippen molar-refractivity contribution in [1.29, 1.82) is 0 Å². The topological polar surface area (TPSA) is 0 Å².